The van der Waals surface area contributed by atoms with E-state index in [0.29, 0.717) is 19.4 Å². The molecule has 4 aliphatic rings. The summed E-state index contributed by atoms with van der Waals surface area (Å²) in [6.07, 6.45) is 6.61. The van der Waals surface area contributed by atoms with Crippen molar-refractivity contribution >= 4 is 23.3 Å². The predicted molar refractivity (Wildman–Crippen MR) is 136 cm³/mol. The van der Waals surface area contributed by atoms with Crippen LogP contribution in [0.1, 0.15) is 45.1 Å². The van der Waals surface area contributed by atoms with Gasteiger partial charge in [-0.05, 0) is 68.6 Å². The second-order valence-electron chi connectivity index (χ2n) is 11.6. The Morgan fingerprint density at radius 1 is 1.35 bits per heavy atom. The summed E-state index contributed by atoms with van der Waals surface area (Å²) in [5, 5.41) is 13.2. The summed E-state index contributed by atoms with van der Waals surface area (Å²) in [6.45, 7) is 3.86. The molecule has 202 valence electrons. The number of hydrogen-bond acceptors (Lipinski definition) is 7. The number of thioether (sulfide) groups is 1. The monoisotopic (exact) mass is 535 g/mol. The highest BCUT2D eigenvalue weighted by molar-refractivity contribution is 7.99. The molecule has 8 atom stereocenters. The number of halogens is 2. The minimum atomic E-state index is -2.18. The van der Waals surface area contributed by atoms with Crippen molar-refractivity contribution in [3.8, 4) is 0 Å². The maximum atomic E-state index is 17.4. The highest BCUT2D eigenvalue weighted by Gasteiger charge is 2.76. The van der Waals surface area contributed by atoms with Crippen molar-refractivity contribution in [3.05, 3.63) is 48.0 Å². The first kappa shape index (κ1) is 26.8. The average molecular weight is 536 g/mol. The van der Waals surface area contributed by atoms with E-state index in [2.05, 4.69) is 0 Å². The Balaban J connectivity index is 1.55. The molecule has 0 aromatic carbocycles. The molecule has 3 fully saturated rings. The van der Waals surface area contributed by atoms with Gasteiger partial charge < -0.3 is 9.52 Å². The molecular weight excluding hydrogens is 500 g/mol. The number of nitrogens with zero attached hydrogens (tertiary/aromatic N) is 1. The van der Waals surface area contributed by atoms with Crippen LogP contribution in [0.4, 0.5) is 8.78 Å². The number of hydrogen-bond donors (Lipinski definition) is 1. The number of ketones is 2. The standard InChI is InChI=1S/C28H35F2NO5S/c1-25-8-5-18(32)11-21(25)22(29)12-20-19-6-9-27(24(34)16-37-4,26(19,2)13-23(33)28(20,25)30)36-31(3)14-17-7-10-35-15-17/h5,7-8,10-11,15,19-20,22-23,33H,6,9,12-14,16H2,1-4H3/t19-,20?,22-,23?,25?,26?,27-,28-/m0/s1. The molecule has 0 amide bonds. The molecule has 0 radical (unpaired) electrons. The highest BCUT2D eigenvalue weighted by atomic mass is 32.2. The molecule has 6 nitrogen and oxygen atoms in total. The normalized spacial score (nSPS) is 42.8. The lowest BCUT2D eigenvalue weighted by molar-refractivity contribution is -0.286. The Morgan fingerprint density at radius 3 is 2.78 bits per heavy atom. The van der Waals surface area contributed by atoms with Gasteiger partial charge in [0.25, 0.3) is 0 Å². The van der Waals surface area contributed by atoms with Gasteiger partial charge in [-0.25, -0.2) is 8.78 Å². The van der Waals surface area contributed by atoms with Crippen LogP contribution in [0, 0.1) is 22.7 Å². The molecule has 0 bridgehead atoms. The van der Waals surface area contributed by atoms with Crippen molar-refractivity contribution in [2.75, 3.05) is 19.1 Å². The number of alkyl halides is 2. The third kappa shape index (κ3) is 3.67. The lowest BCUT2D eigenvalue weighted by Crippen LogP contribution is -2.70. The zero-order chi connectivity index (χ0) is 26.8. The Morgan fingerprint density at radius 2 is 2.11 bits per heavy atom. The molecule has 3 saturated carbocycles. The van der Waals surface area contributed by atoms with Gasteiger partial charge >= 0.3 is 0 Å². The van der Waals surface area contributed by atoms with E-state index in [1.165, 1.54) is 30.0 Å². The van der Waals surface area contributed by atoms with Crippen molar-refractivity contribution in [2.24, 2.45) is 22.7 Å². The van der Waals surface area contributed by atoms with Gasteiger partial charge in [-0.1, -0.05) is 13.0 Å². The number of carbonyl (C=O) groups is 2. The highest BCUT2D eigenvalue weighted by Crippen LogP contribution is 2.70. The second-order valence-corrected chi connectivity index (χ2v) is 12.5. The number of rotatable bonds is 7. The van der Waals surface area contributed by atoms with Gasteiger partial charge in [0.15, 0.2) is 22.8 Å². The lowest BCUT2D eigenvalue weighted by atomic mass is 9.44. The van der Waals surface area contributed by atoms with E-state index in [1.807, 2.05) is 19.2 Å². The molecule has 0 spiro atoms. The first-order chi connectivity index (χ1) is 17.4. The van der Waals surface area contributed by atoms with Crippen LogP contribution in [-0.4, -0.2) is 64.3 Å². The first-order valence-corrected chi connectivity index (χ1v) is 14.2. The van der Waals surface area contributed by atoms with Crippen LogP contribution >= 0.6 is 11.8 Å². The van der Waals surface area contributed by atoms with Crippen LogP contribution in [0.15, 0.2) is 46.8 Å². The van der Waals surface area contributed by atoms with Gasteiger partial charge in [-0.3, -0.25) is 14.4 Å². The van der Waals surface area contributed by atoms with Gasteiger partial charge in [-0.2, -0.15) is 16.8 Å². The fraction of sp³-hybridized carbons (Fsp3) is 0.643. The number of Topliss-reactive ketones (excluding diaryl/α,β-unsaturated/α-hetero) is 1. The molecule has 4 aliphatic carbocycles. The van der Waals surface area contributed by atoms with Gasteiger partial charge in [0, 0.05) is 29.4 Å². The van der Waals surface area contributed by atoms with Crippen LogP contribution in [0.3, 0.4) is 0 Å². The van der Waals surface area contributed by atoms with Crippen LogP contribution in [-0.2, 0) is 21.0 Å². The van der Waals surface area contributed by atoms with E-state index in [-0.39, 0.29) is 35.7 Å². The Hall–Kier alpha value is -1.81. The van der Waals surface area contributed by atoms with Crippen LogP contribution in [0.5, 0.6) is 0 Å². The van der Waals surface area contributed by atoms with Gasteiger partial charge in [0.1, 0.15) is 6.17 Å². The van der Waals surface area contributed by atoms with E-state index in [0.717, 1.165) is 5.56 Å². The molecule has 1 heterocycles. The summed E-state index contributed by atoms with van der Waals surface area (Å²) in [4.78, 5) is 32.4. The number of aliphatic hydroxyl groups excluding tert-OH is 1. The molecule has 1 N–H and O–H groups in total. The van der Waals surface area contributed by atoms with Gasteiger partial charge in [0.2, 0.25) is 0 Å². The topological polar surface area (TPSA) is 80.0 Å². The number of allylic oxidation sites excluding steroid dienone is 4. The van der Waals surface area contributed by atoms with E-state index in [4.69, 9.17) is 9.25 Å². The minimum Gasteiger partial charge on any atom is -0.472 e. The predicted octanol–water partition coefficient (Wildman–Crippen LogP) is 4.63. The largest absolute Gasteiger partial charge is 0.472 e. The zero-order valence-electron chi connectivity index (χ0n) is 21.7. The van der Waals surface area contributed by atoms with E-state index < -0.39 is 46.2 Å². The lowest BCUT2D eigenvalue weighted by Gasteiger charge is -2.63. The molecule has 37 heavy (non-hydrogen) atoms. The quantitative estimate of drug-likeness (QED) is 0.510. The van der Waals surface area contributed by atoms with E-state index >= 15 is 8.78 Å². The first-order valence-electron chi connectivity index (χ1n) is 12.8. The Bertz CT molecular complexity index is 1140. The average Bonchev–Trinajstić information content (AvgIpc) is 3.44. The molecule has 0 aliphatic heterocycles. The summed E-state index contributed by atoms with van der Waals surface area (Å²) in [5.41, 5.74) is -4.86. The summed E-state index contributed by atoms with van der Waals surface area (Å²) in [6, 6.07) is 1.81. The molecule has 0 saturated heterocycles. The number of fused-ring (bicyclic) bond motifs is 5. The molecule has 5 rings (SSSR count). The summed E-state index contributed by atoms with van der Waals surface area (Å²) in [7, 11) is 1.75. The molecule has 1 aromatic rings. The summed E-state index contributed by atoms with van der Waals surface area (Å²) in [5.74, 6) is -1.50. The Labute approximate surface area is 220 Å². The fourth-order valence-electron chi connectivity index (χ4n) is 8.04. The fourth-order valence-corrected chi connectivity index (χ4v) is 8.53. The number of carbonyl (C=O) groups excluding carboxylic acids is 2. The molecule has 9 heteroatoms. The smallest absolute Gasteiger partial charge is 0.178 e. The van der Waals surface area contributed by atoms with Crippen molar-refractivity contribution in [2.45, 2.75) is 69.6 Å². The van der Waals surface area contributed by atoms with E-state index in [9.17, 15) is 14.7 Å². The maximum absolute atomic E-state index is 17.4. The van der Waals surface area contributed by atoms with Crippen LogP contribution in [0.25, 0.3) is 0 Å². The SMILES string of the molecule is CSCC(=O)[C@@]1(ON(C)Cc2ccoc2)CC[C@H]2C3C[C@H](F)C4=CC(=O)C=CC4(C)[C@@]3(F)C(O)CC21C. The number of hydroxylamine groups is 2. The van der Waals surface area contributed by atoms with Crippen molar-refractivity contribution in [3.63, 3.8) is 0 Å². The van der Waals surface area contributed by atoms with E-state index in [1.54, 1.807) is 31.6 Å². The molecular formula is C28H35F2NO5S. The summed E-state index contributed by atoms with van der Waals surface area (Å²) >= 11 is 1.40. The van der Waals surface area contributed by atoms with Gasteiger partial charge in [0.05, 0.1) is 30.9 Å². The number of aliphatic hydroxyl groups is 1. The van der Waals surface area contributed by atoms with Crippen molar-refractivity contribution in [1.29, 1.82) is 0 Å². The Kier molecular flexibility index (Phi) is 6.62. The maximum Gasteiger partial charge on any atom is 0.178 e. The van der Waals surface area contributed by atoms with Crippen LogP contribution < -0.4 is 0 Å². The molecule has 4 unspecified atom stereocenters. The third-order valence-electron chi connectivity index (χ3n) is 9.77. The molecule has 1 aromatic heterocycles. The van der Waals surface area contributed by atoms with Crippen molar-refractivity contribution in [1.82, 2.24) is 5.06 Å². The third-order valence-corrected chi connectivity index (χ3v) is 10.3. The zero-order valence-corrected chi connectivity index (χ0v) is 22.5. The van der Waals surface area contributed by atoms with Gasteiger partial charge in [-0.15, -0.1) is 0 Å². The minimum absolute atomic E-state index is 0.00799. The number of furan rings is 1. The van der Waals surface area contributed by atoms with Crippen LogP contribution in [0.2, 0.25) is 0 Å². The second kappa shape index (κ2) is 9.14. The summed E-state index contributed by atoms with van der Waals surface area (Å²) < 4.78 is 38.2. The van der Waals surface area contributed by atoms with Crippen molar-refractivity contribution < 1.29 is 32.7 Å².